The predicted molar refractivity (Wildman–Crippen MR) is 65.5 cm³/mol. The molecule has 0 aliphatic carbocycles. The summed E-state index contributed by atoms with van der Waals surface area (Å²) in [5.41, 5.74) is 0.764. The van der Waals surface area contributed by atoms with Gasteiger partial charge in [-0.15, -0.1) is 0 Å². The van der Waals surface area contributed by atoms with Crippen LogP contribution in [0.1, 0.15) is 30.1 Å². The molecule has 0 unspecified atom stereocenters. The molecule has 1 heterocycles. The normalized spacial score (nSPS) is 19.1. The van der Waals surface area contributed by atoms with Crippen molar-refractivity contribution in [1.29, 1.82) is 0 Å². The first-order valence-electron chi connectivity index (χ1n) is 5.79. The number of hydrogen-bond donors (Lipinski definition) is 2. The molecule has 0 aromatic heterocycles. The van der Waals surface area contributed by atoms with E-state index < -0.39 is 11.6 Å². The number of piperidine rings is 1. The van der Waals surface area contributed by atoms with E-state index in [9.17, 15) is 9.90 Å². The van der Waals surface area contributed by atoms with Gasteiger partial charge >= 0.3 is 5.97 Å². The maximum Gasteiger partial charge on any atom is 0.335 e. The minimum atomic E-state index is -0.905. The Morgan fingerprint density at radius 2 is 1.76 bits per heavy atom. The fourth-order valence-corrected chi connectivity index (χ4v) is 2.06. The summed E-state index contributed by atoms with van der Waals surface area (Å²) < 4.78 is 0. The van der Waals surface area contributed by atoms with Crippen molar-refractivity contribution in [3.63, 3.8) is 0 Å². The van der Waals surface area contributed by atoms with Crippen molar-refractivity contribution < 1.29 is 15.0 Å². The van der Waals surface area contributed by atoms with E-state index in [2.05, 4.69) is 4.90 Å². The third-order valence-corrected chi connectivity index (χ3v) is 3.32. The summed E-state index contributed by atoms with van der Waals surface area (Å²) >= 11 is 0. The standard InChI is InChI=1S/C13H17NO3/c1-13(17)6-8-14(9-7-13)11-4-2-10(3-5-11)12(15)16/h2-5,17H,6-9H2,1H3,(H,15,16). The zero-order chi connectivity index (χ0) is 12.5. The van der Waals surface area contributed by atoms with Crippen molar-refractivity contribution in [1.82, 2.24) is 0 Å². The van der Waals surface area contributed by atoms with Gasteiger partial charge in [-0.1, -0.05) is 0 Å². The topological polar surface area (TPSA) is 60.8 Å². The highest BCUT2D eigenvalue weighted by Gasteiger charge is 2.27. The van der Waals surface area contributed by atoms with Gasteiger partial charge in [0.15, 0.2) is 0 Å². The van der Waals surface area contributed by atoms with Crippen molar-refractivity contribution in [2.45, 2.75) is 25.4 Å². The molecule has 1 aromatic rings. The van der Waals surface area contributed by atoms with Crippen LogP contribution < -0.4 is 4.90 Å². The van der Waals surface area contributed by atoms with Crippen molar-refractivity contribution in [3.8, 4) is 0 Å². The van der Waals surface area contributed by atoms with Crippen LogP contribution in [0.15, 0.2) is 24.3 Å². The summed E-state index contributed by atoms with van der Waals surface area (Å²) in [6.45, 7) is 3.47. The van der Waals surface area contributed by atoms with Crippen LogP contribution in [0.5, 0.6) is 0 Å². The molecule has 1 fully saturated rings. The van der Waals surface area contributed by atoms with E-state index in [1.807, 2.05) is 19.1 Å². The molecule has 0 saturated carbocycles. The first kappa shape index (κ1) is 11.9. The highest BCUT2D eigenvalue weighted by Crippen LogP contribution is 2.25. The van der Waals surface area contributed by atoms with Gasteiger partial charge in [0, 0.05) is 18.8 Å². The van der Waals surface area contributed by atoms with Crippen LogP contribution in [0.3, 0.4) is 0 Å². The molecule has 1 saturated heterocycles. The maximum atomic E-state index is 10.7. The van der Waals surface area contributed by atoms with Crippen LogP contribution in [-0.2, 0) is 0 Å². The first-order chi connectivity index (χ1) is 7.98. The highest BCUT2D eigenvalue weighted by molar-refractivity contribution is 5.88. The fraction of sp³-hybridized carbons (Fsp3) is 0.462. The zero-order valence-corrected chi connectivity index (χ0v) is 9.89. The number of hydrogen-bond acceptors (Lipinski definition) is 3. The Bertz CT molecular complexity index is 401. The van der Waals surface area contributed by atoms with Gasteiger partial charge in [0.1, 0.15) is 0 Å². The minimum Gasteiger partial charge on any atom is -0.478 e. The second-order valence-electron chi connectivity index (χ2n) is 4.84. The molecule has 0 atom stereocenters. The molecular formula is C13H17NO3. The molecule has 92 valence electrons. The molecule has 0 amide bonds. The van der Waals surface area contributed by atoms with E-state index in [0.29, 0.717) is 5.56 Å². The summed E-state index contributed by atoms with van der Waals surface area (Å²) in [7, 11) is 0. The lowest BCUT2D eigenvalue weighted by molar-refractivity contribution is 0.0351. The van der Waals surface area contributed by atoms with Crippen LogP contribution in [0.4, 0.5) is 5.69 Å². The fourth-order valence-electron chi connectivity index (χ4n) is 2.06. The lowest BCUT2D eigenvalue weighted by atomic mass is 9.93. The number of anilines is 1. The Morgan fingerprint density at radius 1 is 1.24 bits per heavy atom. The number of carboxylic acids is 1. The number of aliphatic hydroxyl groups is 1. The van der Waals surface area contributed by atoms with Gasteiger partial charge in [-0.3, -0.25) is 0 Å². The largest absolute Gasteiger partial charge is 0.478 e. The van der Waals surface area contributed by atoms with Gasteiger partial charge in [0.05, 0.1) is 11.2 Å². The Balaban J connectivity index is 2.06. The van der Waals surface area contributed by atoms with Crippen LogP contribution in [-0.4, -0.2) is 34.9 Å². The summed E-state index contributed by atoms with van der Waals surface area (Å²) in [6.07, 6.45) is 1.49. The number of benzene rings is 1. The van der Waals surface area contributed by atoms with E-state index >= 15 is 0 Å². The molecule has 0 spiro atoms. The van der Waals surface area contributed by atoms with Crippen molar-refractivity contribution in [2.24, 2.45) is 0 Å². The zero-order valence-electron chi connectivity index (χ0n) is 9.89. The van der Waals surface area contributed by atoms with Crippen molar-refractivity contribution >= 4 is 11.7 Å². The molecule has 17 heavy (non-hydrogen) atoms. The van der Waals surface area contributed by atoms with Crippen molar-refractivity contribution in [2.75, 3.05) is 18.0 Å². The van der Waals surface area contributed by atoms with E-state index in [1.165, 1.54) is 0 Å². The van der Waals surface area contributed by atoms with Crippen LogP contribution >= 0.6 is 0 Å². The molecule has 4 heteroatoms. The average Bonchev–Trinajstić information content (AvgIpc) is 2.29. The van der Waals surface area contributed by atoms with Crippen LogP contribution in [0, 0.1) is 0 Å². The molecule has 4 nitrogen and oxygen atoms in total. The first-order valence-corrected chi connectivity index (χ1v) is 5.79. The third kappa shape index (κ3) is 2.77. The molecule has 2 rings (SSSR count). The Kier molecular flexibility index (Phi) is 3.07. The van der Waals surface area contributed by atoms with E-state index in [-0.39, 0.29) is 0 Å². The van der Waals surface area contributed by atoms with Crippen LogP contribution in [0.25, 0.3) is 0 Å². The quantitative estimate of drug-likeness (QED) is 0.819. The smallest absolute Gasteiger partial charge is 0.335 e. The van der Waals surface area contributed by atoms with Gasteiger partial charge in [0.25, 0.3) is 0 Å². The number of nitrogens with zero attached hydrogens (tertiary/aromatic N) is 1. The Hall–Kier alpha value is -1.55. The van der Waals surface area contributed by atoms with E-state index in [4.69, 9.17) is 5.11 Å². The summed E-state index contributed by atoms with van der Waals surface area (Å²) in [6, 6.07) is 6.88. The SMILES string of the molecule is CC1(O)CCN(c2ccc(C(=O)O)cc2)CC1. The number of carbonyl (C=O) groups is 1. The minimum absolute atomic E-state index is 0.303. The second-order valence-corrected chi connectivity index (χ2v) is 4.84. The Morgan fingerprint density at radius 3 is 2.24 bits per heavy atom. The molecule has 0 radical (unpaired) electrons. The molecular weight excluding hydrogens is 218 g/mol. The molecule has 0 bridgehead atoms. The monoisotopic (exact) mass is 235 g/mol. The summed E-state index contributed by atoms with van der Waals surface area (Å²) in [5, 5.41) is 18.7. The second kappa shape index (κ2) is 4.37. The predicted octanol–water partition coefficient (Wildman–Crippen LogP) is 1.74. The van der Waals surface area contributed by atoms with E-state index in [1.54, 1.807) is 12.1 Å². The summed E-state index contributed by atoms with van der Waals surface area (Å²) in [5.74, 6) is -0.905. The van der Waals surface area contributed by atoms with Gasteiger partial charge in [-0.2, -0.15) is 0 Å². The van der Waals surface area contributed by atoms with E-state index in [0.717, 1.165) is 31.6 Å². The average molecular weight is 235 g/mol. The third-order valence-electron chi connectivity index (χ3n) is 3.32. The van der Waals surface area contributed by atoms with Gasteiger partial charge in [0.2, 0.25) is 0 Å². The lowest BCUT2D eigenvalue weighted by Crippen LogP contribution is -2.42. The number of aromatic carboxylic acids is 1. The summed E-state index contributed by atoms with van der Waals surface area (Å²) in [4.78, 5) is 12.9. The molecule has 1 aromatic carbocycles. The Labute approximate surface area is 100 Å². The van der Waals surface area contributed by atoms with Crippen molar-refractivity contribution in [3.05, 3.63) is 29.8 Å². The molecule has 1 aliphatic heterocycles. The number of carboxylic acid groups (broad SMARTS) is 1. The molecule has 2 N–H and O–H groups in total. The lowest BCUT2D eigenvalue weighted by Gasteiger charge is -2.37. The van der Waals surface area contributed by atoms with Gasteiger partial charge in [-0.25, -0.2) is 4.79 Å². The highest BCUT2D eigenvalue weighted by atomic mass is 16.4. The van der Waals surface area contributed by atoms with Gasteiger partial charge in [-0.05, 0) is 44.0 Å². The van der Waals surface area contributed by atoms with Crippen LogP contribution in [0.2, 0.25) is 0 Å². The maximum absolute atomic E-state index is 10.7. The molecule has 1 aliphatic rings. The van der Waals surface area contributed by atoms with Gasteiger partial charge < -0.3 is 15.1 Å². The number of rotatable bonds is 2.